The highest BCUT2D eigenvalue weighted by Gasteiger charge is 2.15. The number of aromatic nitrogens is 1. The fourth-order valence-electron chi connectivity index (χ4n) is 1.83. The van der Waals surface area contributed by atoms with Crippen molar-refractivity contribution in [3.05, 3.63) is 40.8 Å². The monoisotopic (exact) mass is 233 g/mol. The molecule has 0 aliphatic heterocycles. The lowest BCUT2D eigenvalue weighted by Crippen LogP contribution is -2.04. The van der Waals surface area contributed by atoms with E-state index in [-0.39, 0.29) is 5.52 Å². The number of carbonyl (C=O) groups excluding carboxylic acids is 1. The zero-order valence-corrected chi connectivity index (χ0v) is 9.87. The number of fused-ring (bicyclic) bond motifs is 1. The van der Waals surface area contributed by atoms with Crippen LogP contribution in [0.2, 0.25) is 0 Å². The lowest BCUT2D eigenvalue weighted by Gasteiger charge is -2.07. The molecule has 1 aromatic carbocycles. The van der Waals surface area contributed by atoms with Crippen molar-refractivity contribution in [1.82, 2.24) is 4.98 Å². The minimum Gasteiger partial charge on any atom is -0.465 e. The van der Waals surface area contributed by atoms with Crippen molar-refractivity contribution in [3.63, 3.8) is 0 Å². The first-order valence-electron chi connectivity index (χ1n) is 5.18. The van der Waals surface area contributed by atoms with Crippen molar-refractivity contribution in [3.8, 4) is 0 Å². The smallest absolute Gasteiger partial charge is 0.338 e. The van der Waals surface area contributed by atoms with E-state index in [0.29, 0.717) is 16.6 Å². The van der Waals surface area contributed by atoms with Crippen LogP contribution in [0.5, 0.6) is 0 Å². The summed E-state index contributed by atoms with van der Waals surface area (Å²) in [5, 5.41) is 0.486. The van der Waals surface area contributed by atoms with Gasteiger partial charge in [-0.1, -0.05) is 0 Å². The number of ether oxygens (including phenoxy) is 1. The van der Waals surface area contributed by atoms with Crippen LogP contribution in [0.1, 0.15) is 21.6 Å². The maximum Gasteiger partial charge on any atom is 0.338 e. The Kier molecular flexibility index (Phi) is 2.79. The minimum absolute atomic E-state index is 0.205. The van der Waals surface area contributed by atoms with Crippen LogP contribution in [0.25, 0.3) is 10.9 Å². The molecule has 2 aromatic rings. The third-order valence-electron chi connectivity index (χ3n) is 2.54. The molecular weight excluding hydrogens is 221 g/mol. The Balaban J connectivity index is 2.87. The van der Waals surface area contributed by atoms with Crippen LogP contribution in [0.4, 0.5) is 4.39 Å². The molecule has 17 heavy (non-hydrogen) atoms. The quantitative estimate of drug-likeness (QED) is 0.711. The predicted octanol–water partition coefficient (Wildman–Crippen LogP) is 2.78. The minimum atomic E-state index is -0.481. The van der Waals surface area contributed by atoms with Gasteiger partial charge in [0.15, 0.2) is 0 Å². The van der Waals surface area contributed by atoms with Crippen molar-refractivity contribution in [1.29, 1.82) is 0 Å². The Morgan fingerprint density at radius 2 is 2.00 bits per heavy atom. The molecule has 0 bridgehead atoms. The molecule has 88 valence electrons. The van der Waals surface area contributed by atoms with Crippen molar-refractivity contribution in [2.24, 2.45) is 0 Å². The molecule has 0 atom stereocenters. The van der Waals surface area contributed by atoms with E-state index >= 15 is 0 Å². The number of carbonyl (C=O) groups is 1. The molecule has 4 heteroatoms. The summed E-state index contributed by atoms with van der Waals surface area (Å²) in [7, 11) is 1.30. The molecule has 0 N–H and O–H groups in total. The van der Waals surface area contributed by atoms with E-state index in [2.05, 4.69) is 9.72 Å². The van der Waals surface area contributed by atoms with Gasteiger partial charge in [0.1, 0.15) is 11.3 Å². The van der Waals surface area contributed by atoms with E-state index in [1.165, 1.54) is 13.2 Å². The molecule has 0 aliphatic rings. The Bertz CT molecular complexity index is 608. The van der Waals surface area contributed by atoms with Crippen LogP contribution in [0.15, 0.2) is 18.2 Å². The van der Waals surface area contributed by atoms with Crippen LogP contribution in [-0.4, -0.2) is 18.1 Å². The first kappa shape index (κ1) is 11.5. The van der Waals surface area contributed by atoms with Crippen molar-refractivity contribution < 1.29 is 13.9 Å². The summed E-state index contributed by atoms with van der Waals surface area (Å²) >= 11 is 0. The summed E-state index contributed by atoms with van der Waals surface area (Å²) in [6, 6.07) is 4.74. The fourth-order valence-corrected chi connectivity index (χ4v) is 1.83. The summed E-state index contributed by atoms with van der Waals surface area (Å²) in [6.07, 6.45) is 0. The van der Waals surface area contributed by atoms with Crippen LogP contribution in [-0.2, 0) is 4.74 Å². The van der Waals surface area contributed by atoms with Crippen LogP contribution in [0.3, 0.4) is 0 Å². The number of methoxy groups -OCH3 is 1. The number of halogens is 1. The van der Waals surface area contributed by atoms with Gasteiger partial charge in [-0.2, -0.15) is 0 Å². The predicted molar refractivity (Wildman–Crippen MR) is 62.5 cm³/mol. The number of nitrogens with zero attached hydrogens (tertiary/aromatic N) is 1. The molecule has 0 unspecified atom stereocenters. The second-order valence-electron chi connectivity index (χ2n) is 3.95. The van der Waals surface area contributed by atoms with E-state index < -0.39 is 11.8 Å². The van der Waals surface area contributed by atoms with Crippen LogP contribution < -0.4 is 0 Å². The van der Waals surface area contributed by atoms with E-state index in [1.54, 1.807) is 26.0 Å². The number of hydrogen-bond donors (Lipinski definition) is 0. The molecule has 0 saturated carbocycles. The number of benzene rings is 1. The van der Waals surface area contributed by atoms with E-state index in [1.807, 2.05) is 0 Å². The van der Waals surface area contributed by atoms with Gasteiger partial charge < -0.3 is 4.74 Å². The summed E-state index contributed by atoms with van der Waals surface area (Å²) in [5.41, 5.74) is 1.88. The second-order valence-corrected chi connectivity index (χ2v) is 3.95. The van der Waals surface area contributed by atoms with Crippen molar-refractivity contribution in [2.45, 2.75) is 13.8 Å². The van der Waals surface area contributed by atoms with Gasteiger partial charge >= 0.3 is 5.97 Å². The zero-order chi connectivity index (χ0) is 12.6. The molecule has 1 heterocycles. The first-order valence-corrected chi connectivity index (χ1v) is 5.18. The highest BCUT2D eigenvalue weighted by Crippen LogP contribution is 2.23. The van der Waals surface area contributed by atoms with Crippen LogP contribution in [0, 0.1) is 19.7 Å². The number of pyridine rings is 1. The van der Waals surface area contributed by atoms with Gasteiger partial charge in [0.2, 0.25) is 0 Å². The van der Waals surface area contributed by atoms with Gasteiger partial charge in [-0.25, -0.2) is 14.2 Å². The van der Waals surface area contributed by atoms with Gasteiger partial charge in [0.25, 0.3) is 0 Å². The van der Waals surface area contributed by atoms with Gasteiger partial charge in [0, 0.05) is 11.1 Å². The van der Waals surface area contributed by atoms with Crippen LogP contribution >= 0.6 is 0 Å². The lowest BCUT2D eigenvalue weighted by molar-refractivity contribution is 0.0603. The number of esters is 1. The third-order valence-corrected chi connectivity index (χ3v) is 2.54. The van der Waals surface area contributed by atoms with Gasteiger partial charge in [0.05, 0.1) is 12.7 Å². The van der Waals surface area contributed by atoms with Crippen molar-refractivity contribution in [2.75, 3.05) is 7.11 Å². The maximum atomic E-state index is 13.8. The number of rotatable bonds is 1. The molecule has 0 spiro atoms. The Hall–Kier alpha value is -1.97. The Labute approximate surface area is 98.2 Å². The molecular formula is C13H12FNO2. The highest BCUT2D eigenvalue weighted by atomic mass is 19.1. The summed E-state index contributed by atoms with van der Waals surface area (Å²) in [6.45, 7) is 3.48. The maximum absolute atomic E-state index is 13.8. The molecule has 1 aromatic heterocycles. The molecule has 3 nitrogen and oxygen atoms in total. The standard InChI is InChI=1S/C13H12FNO2/c1-7-4-9-10(13(16)17-3)6-8(2)15-12(9)11(14)5-7/h4-6H,1-3H3. The molecule has 0 aliphatic carbocycles. The number of hydrogen-bond acceptors (Lipinski definition) is 3. The first-order chi connectivity index (χ1) is 8.02. The SMILES string of the molecule is COC(=O)c1cc(C)nc2c(F)cc(C)cc12. The summed E-state index contributed by atoms with van der Waals surface area (Å²) < 4.78 is 18.4. The normalized spacial score (nSPS) is 10.6. The van der Waals surface area contributed by atoms with E-state index in [9.17, 15) is 9.18 Å². The Morgan fingerprint density at radius 3 is 2.65 bits per heavy atom. The molecule has 0 saturated heterocycles. The number of aryl methyl sites for hydroxylation is 2. The third kappa shape index (κ3) is 1.98. The topological polar surface area (TPSA) is 39.2 Å². The van der Waals surface area contributed by atoms with E-state index in [0.717, 1.165) is 5.56 Å². The molecule has 0 radical (unpaired) electrons. The lowest BCUT2D eigenvalue weighted by atomic mass is 10.0. The second kappa shape index (κ2) is 4.13. The average Bonchev–Trinajstić information content (AvgIpc) is 2.28. The van der Waals surface area contributed by atoms with Gasteiger partial charge in [-0.15, -0.1) is 0 Å². The largest absolute Gasteiger partial charge is 0.465 e. The molecule has 0 fully saturated rings. The summed E-state index contributed by atoms with van der Waals surface area (Å²) in [5.74, 6) is -0.903. The average molecular weight is 233 g/mol. The zero-order valence-electron chi connectivity index (χ0n) is 9.87. The fraction of sp³-hybridized carbons (Fsp3) is 0.231. The van der Waals surface area contributed by atoms with E-state index in [4.69, 9.17) is 0 Å². The molecule has 0 amide bonds. The van der Waals surface area contributed by atoms with Gasteiger partial charge in [-0.05, 0) is 37.6 Å². The summed E-state index contributed by atoms with van der Waals surface area (Å²) in [4.78, 5) is 15.7. The van der Waals surface area contributed by atoms with Crippen molar-refractivity contribution >= 4 is 16.9 Å². The Morgan fingerprint density at radius 1 is 1.29 bits per heavy atom. The highest BCUT2D eigenvalue weighted by molar-refractivity contribution is 6.03. The van der Waals surface area contributed by atoms with Gasteiger partial charge in [-0.3, -0.25) is 0 Å². The molecule has 2 rings (SSSR count).